The second-order valence-corrected chi connectivity index (χ2v) is 4.76. The van der Waals surface area contributed by atoms with Crippen LogP contribution in [0.5, 0.6) is 0 Å². The summed E-state index contributed by atoms with van der Waals surface area (Å²) in [7, 11) is 0. The van der Waals surface area contributed by atoms with Crippen LogP contribution in [0.1, 0.15) is 12.8 Å². The maximum Gasteiger partial charge on any atom is 0.0640 e. The van der Waals surface area contributed by atoms with Crippen LogP contribution in [-0.2, 0) is 0 Å². The summed E-state index contributed by atoms with van der Waals surface area (Å²) in [5.41, 5.74) is 6.88. The summed E-state index contributed by atoms with van der Waals surface area (Å²) in [5, 5.41) is 1.49. The van der Waals surface area contributed by atoms with Crippen LogP contribution in [0.25, 0.3) is 0 Å². The van der Waals surface area contributed by atoms with Crippen molar-refractivity contribution in [3.8, 4) is 0 Å². The van der Waals surface area contributed by atoms with Crippen LogP contribution in [0, 0.1) is 0 Å². The van der Waals surface area contributed by atoms with Gasteiger partial charge in [-0.05, 0) is 31.0 Å². The summed E-state index contributed by atoms with van der Waals surface area (Å²) >= 11 is 12.1. The Labute approximate surface area is 100.0 Å². The lowest BCUT2D eigenvalue weighted by atomic mass is 10.1. The van der Waals surface area contributed by atoms with E-state index in [0.717, 1.165) is 41.7 Å². The zero-order valence-corrected chi connectivity index (χ0v) is 9.93. The first-order valence-electron chi connectivity index (χ1n) is 5.12. The van der Waals surface area contributed by atoms with Crippen molar-refractivity contribution in [3.05, 3.63) is 28.2 Å². The van der Waals surface area contributed by atoms with Gasteiger partial charge in [0, 0.05) is 24.2 Å². The normalized spacial score (nSPS) is 18.2. The molecule has 0 bridgehead atoms. The summed E-state index contributed by atoms with van der Waals surface area (Å²) in [6.45, 7) is 1.92. The van der Waals surface area contributed by atoms with Crippen LogP contribution >= 0.6 is 23.2 Å². The summed E-state index contributed by atoms with van der Waals surface area (Å²) in [4.78, 5) is 2.25. The van der Waals surface area contributed by atoms with Crippen molar-refractivity contribution >= 4 is 28.9 Å². The lowest BCUT2D eigenvalue weighted by Crippen LogP contribution is -2.39. The van der Waals surface area contributed by atoms with E-state index in [0.29, 0.717) is 6.04 Å². The van der Waals surface area contributed by atoms with Gasteiger partial charge in [0.15, 0.2) is 0 Å². The van der Waals surface area contributed by atoms with E-state index in [2.05, 4.69) is 4.90 Å². The molecular formula is C11H14Cl2N2. The predicted octanol–water partition coefficient (Wildman–Crippen LogP) is 2.92. The Morgan fingerprint density at radius 2 is 1.87 bits per heavy atom. The van der Waals surface area contributed by atoms with Crippen LogP contribution < -0.4 is 10.6 Å². The summed E-state index contributed by atoms with van der Waals surface area (Å²) in [6, 6.07) is 5.90. The molecule has 0 radical (unpaired) electrons. The fraction of sp³-hybridized carbons (Fsp3) is 0.455. The second kappa shape index (κ2) is 4.60. The Morgan fingerprint density at radius 3 is 2.53 bits per heavy atom. The zero-order chi connectivity index (χ0) is 10.8. The number of anilines is 1. The number of hydrogen-bond acceptors (Lipinski definition) is 2. The van der Waals surface area contributed by atoms with E-state index in [1.807, 2.05) is 18.2 Å². The molecular weight excluding hydrogens is 231 g/mol. The first-order chi connectivity index (χ1) is 7.16. The summed E-state index contributed by atoms with van der Waals surface area (Å²) in [5.74, 6) is 0. The molecule has 0 saturated carbocycles. The number of halogens is 2. The molecule has 1 aliphatic rings. The van der Waals surface area contributed by atoms with Crippen LogP contribution in [0.4, 0.5) is 5.69 Å². The second-order valence-electron chi connectivity index (χ2n) is 3.92. The van der Waals surface area contributed by atoms with E-state index < -0.39 is 0 Å². The van der Waals surface area contributed by atoms with E-state index in [9.17, 15) is 0 Å². The maximum atomic E-state index is 6.13. The smallest absolute Gasteiger partial charge is 0.0640 e. The van der Waals surface area contributed by atoms with Crippen LogP contribution in [-0.4, -0.2) is 19.1 Å². The molecule has 0 aliphatic carbocycles. The van der Waals surface area contributed by atoms with Gasteiger partial charge in [0.1, 0.15) is 0 Å². The van der Waals surface area contributed by atoms with Gasteiger partial charge in [0.25, 0.3) is 0 Å². The number of piperidine rings is 1. The molecule has 0 unspecified atom stereocenters. The van der Waals surface area contributed by atoms with Crippen LogP contribution in [0.15, 0.2) is 18.2 Å². The van der Waals surface area contributed by atoms with Crippen molar-refractivity contribution in [1.29, 1.82) is 0 Å². The molecule has 1 aromatic rings. The SMILES string of the molecule is NC1CCN(c2cc(Cl)ccc2Cl)CC1. The number of nitrogens with two attached hydrogens (primary N) is 1. The predicted molar refractivity (Wildman–Crippen MR) is 65.9 cm³/mol. The van der Waals surface area contributed by atoms with Crippen molar-refractivity contribution in [2.24, 2.45) is 5.73 Å². The fourth-order valence-electron chi connectivity index (χ4n) is 1.87. The quantitative estimate of drug-likeness (QED) is 0.824. The average Bonchev–Trinajstić information content (AvgIpc) is 2.23. The minimum absolute atomic E-state index is 0.333. The molecule has 1 aromatic carbocycles. The fourth-order valence-corrected chi connectivity index (χ4v) is 2.27. The third-order valence-electron chi connectivity index (χ3n) is 2.79. The van der Waals surface area contributed by atoms with Gasteiger partial charge in [-0.25, -0.2) is 0 Å². The lowest BCUT2D eigenvalue weighted by Gasteiger charge is -2.32. The molecule has 2 N–H and O–H groups in total. The molecule has 82 valence electrons. The molecule has 0 spiro atoms. The lowest BCUT2D eigenvalue weighted by molar-refractivity contribution is 0.501. The molecule has 0 aromatic heterocycles. The Kier molecular flexibility index (Phi) is 3.39. The first kappa shape index (κ1) is 11.1. The van der Waals surface area contributed by atoms with Gasteiger partial charge in [-0.2, -0.15) is 0 Å². The molecule has 0 atom stereocenters. The van der Waals surface area contributed by atoms with Gasteiger partial charge in [-0.15, -0.1) is 0 Å². The molecule has 2 nitrogen and oxygen atoms in total. The average molecular weight is 245 g/mol. The van der Waals surface area contributed by atoms with Crippen molar-refractivity contribution in [2.75, 3.05) is 18.0 Å². The number of rotatable bonds is 1. The highest BCUT2D eigenvalue weighted by atomic mass is 35.5. The first-order valence-corrected chi connectivity index (χ1v) is 5.88. The monoisotopic (exact) mass is 244 g/mol. The molecule has 2 rings (SSSR count). The van der Waals surface area contributed by atoms with Crippen LogP contribution in [0.3, 0.4) is 0 Å². The molecule has 1 aliphatic heterocycles. The highest BCUT2D eigenvalue weighted by Crippen LogP contribution is 2.30. The molecule has 1 saturated heterocycles. The Hall–Kier alpha value is -0.440. The van der Waals surface area contributed by atoms with Gasteiger partial charge < -0.3 is 10.6 Å². The van der Waals surface area contributed by atoms with E-state index >= 15 is 0 Å². The van der Waals surface area contributed by atoms with E-state index in [1.54, 1.807) is 0 Å². The van der Waals surface area contributed by atoms with Gasteiger partial charge in [-0.3, -0.25) is 0 Å². The highest BCUT2D eigenvalue weighted by molar-refractivity contribution is 6.35. The number of hydrogen-bond donors (Lipinski definition) is 1. The van der Waals surface area contributed by atoms with Crippen molar-refractivity contribution in [3.63, 3.8) is 0 Å². The summed E-state index contributed by atoms with van der Waals surface area (Å²) < 4.78 is 0. The molecule has 1 heterocycles. The zero-order valence-electron chi connectivity index (χ0n) is 8.42. The largest absolute Gasteiger partial charge is 0.370 e. The van der Waals surface area contributed by atoms with Gasteiger partial charge in [0.2, 0.25) is 0 Å². The number of nitrogens with zero attached hydrogens (tertiary/aromatic N) is 1. The van der Waals surface area contributed by atoms with Gasteiger partial charge in [0.05, 0.1) is 10.7 Å². The topological polar surface area (TPSA) is 29.3 Å². The Morgan fingerprint density at radius 1 is 1.20 bits per heavy atom. The highest BCUT2D eigenvalue weighted by Gasteiger charge is 2.18. The van der Waals surface area contributed by atoms with Crippen molar-refractivity contribution in [1.82, 2.24) is 0 Å². The van der Waals surface area contributed by atoms with E-state index in [1.165, 1.54) is 0 Å². The van der Waals surface area contributed by atoms with E-state index in [4.69, 9.17) is 28.9 Å². The summed E-state index contributed by atoms with van der Waals surface area (Å²) in [6.07, 6.45) is 2.03. The molecule has 0 amide bonds. The maximum absolute atomic E-state index is 6.13. The standard InChI is InChI=1S/C11H14Cl2N2/c12-8-1-2-10(13)11(7-8)15-5-3-9(14)4-6-15/h1-2,7,9H,3-6,14H2. The van der Waals surface area contributed by atoms with Crippen LogP contribution in [0.2, 0.25) is 10.0 Å². The molecule has 1 fully saturated rings. The van der Waals surface area contributed by atoms with Crippen molar-refractivity contribution < 1.29 is 0 Å². The number of benzene rings is 1. The minimum Gasteiger partial charge on any atom is -0.370 e. The minimum atomic E-state index is 0.333. The molecule has 15 heavy (non-hydrogen) atoms. The van der Waals surface area contributed by atoms with Gasteiger partial charge >= 0.3 is 0 Å². The third-order valence-corrected chi connectivity index (χ3v) is 3.34. The third kappa shape index (κ3) is 2.57. The molecule has 4 heteroatoms. The Bertz CT molecular complexity index is 346. The van der Waals surface area contributed by atoms with Crippen molar-refractivity contribution in [2.45, 2.75) is 18.9 Å². The Balaban J connectivity index is 2.18. The van der Waals surface area contributed by atoms with E-state index in [-0.39, 0.29) is 0 Å². The van der Waals surface area contributed by atoms with Gasteiger partial charge in [-0.1, -0.05) is 23.2 Å².